The van der Waals surface area contributed by atoms with Crippen LogP contribution in [0.5, 0.6) is 5.88 Å². The zero-order valence-corrected chi connectivity index (χ0v) is 10.4. The van der Waals surface area contributed by atoms with Gasteiger partial charge >= 0.3 is 6.18 Å². The highest BCUT2D eigenvalue weighted by Crippen LogP contribution is 2.29. The second-order valence-corrected chi connectivity index (χ2v) is 4.72. The maximum Gasteiger partial charge on any atom is 0.417 e. The van der Waals surface area contributed by atoms with Crippen LogP contribution >= 0.6 is 12.8 Å². The van der Waals surface area contributed by atoms with E-state index in [0.717, 1.165) is 38.2 Å². The van der Waals surface area contributed by atoms with Crippen molar-refractivity contribution in [3.05, 3.63) is 23.9 Å². The molecule has 0 bridgehead atoms. The summed E-state index contributed by atoms with van der Waals surface area (Å²) in [5.41, 5.74) is -0.764. The largest absolute Gasteiger partial charge is 0.474 e. The molecule has 1 fully saturated rings. The average Bonchev–Trinajstić information content (AvgIpc) is 2.32. The Labute approximate surface area is 108 Å². The van der Waals surface area contributed by atoms with E-state index in [-0.39, 0.29) is 12.0 Å². The average molecular weight is 278 g/mol. The van der Waals surface area contributed by atoms with Crippen LogP contribution in [0.4, 0.5) is 13.2 Å². The Kier molecular flexibility index (Phi) is 4.01. The predicted octanol–water partition coefficient (Wildman–Crippen LogP) is 2.79. The Bertz CT molecular complexity index is 388. The summed E-state index contributed by atoms with van der Waals surface area (Å²) in [7, 11) is 0. The number of alkyl halides is 3. The lowest BCUT2D eigenvalue weighted by atomic mass is 10.1. The van der Waals surface area contributed by atoms with Crippen molar-refractivity contribution in [1.29, 1.82) is 0 Å². The molecule has 1 aliphatic rings. The lowest BCUT2D eigenvalue weighted by Gasteiger charge is -2.28. The number of thiol groups is 1. The Morgan fingerprint density at radius 3 is 2.44 bits per heavy atom. The molecule has 0 unspecified atom stereocenters. The highest BCUT2D eigenvalue weighted by atomic mass is 32.1. The van der Waals surface area contributed by atoms with Gasteiger partial charge in [0.15, 0.2) is 0 Å². The van der Waals surface area contributed by atoms with Crippen LogP contribution in [0.25, 0.3) is 0 Å². The van der Waals surface area contributed by atoms with Crippen LogP contribution in [0.2, 0.25) is 0 Å². The van der Waals surface area contributed by atoms with E-state index in [4.69, 9.17) is 4.74 Å². The number of rotatable bonds is 2. The van der Waals surface area contributed by atoms with Gasteiger partial charge in [0.1, 0.15) is 6.10 Å². The number of pyridine rings is 1. The third-order valence-electron chi connectivity index (χ3n) is 2.77. The minimum atomic E-state index is -4.36. The lowest BCUT2D eigenvalue weighted by molar-refractivity contribution is -0.137. The van der Waals surface area contributed by atoms with Crippen molar-refractivity contribution in [2.75, 3.05) is 13.1 Å². The SMILES string of the molecule is FC(F)(F)c1ccc(OC2CCN(S)CC2)nc1. The monoisotopic (exact) mass is 278 g/mol. The van der Waals surface area contributed by atoms with Crippen molar-refractivity contribution in [3.8, 4) is 5.88 Å². The van der Waals surface area contributed by atoms with E-state index in [0.29, 0.717) is 0 Å². The summed E-state index contributed by atoms with van der Waals surface area (Å²) in [5.74, 6) is 0.237. The number of piperidine rings is 1. The van der Waals surface area contributed by atoms with Gasteiger partial charge in [-0.15, -0.1) is 0 Å². The summed E-state index contributed by atoms with van der Waals surface area (Å²) >= 11 is 4.21. The first-order valence-corrected chi connectivity index (χ1v) is 5.99. The maximum atomic E-state index is 12.3. The summed E-state index contributed by atoms with van der Waals surface area (Å²) in [6, 6.07) is 2.24. The van der Waals surface area contributed by atoms with E-state index in [2.05, 4.69) is 17.8 Å². The number of halogens is 3. The number of nitrogens with zero attached hydrogens (tertiary/aromatic N) is 2. The molecule has 0 amide bonds. The fraction of sp³-hybridized carbons (Fsp3) is 0.545. The van der Waals surface area contributed by atoms with E-state index >= 15 is 0 Å². The van der Waals surface area contributed by atoms with Crippen molar-refractivity contribution in [1.82, 2.24) is 9.29 Å². The molecule has 1 aromatic rings. The van der Waals surface area contributed by atoms with Gasteiger partial charge in [0.25, 0.3) is 0 Å². The van der Waals surface area contributed by atoms with Gasteiger partial charge < -0.3 is 4.74 Å². The summed E-state index contributed by atoms with van der Waals surface area (Å²) in [6.07, 6.45) is -1.97. The Hall–Kier alpha value is -0.950. The van der Waals surface area contributed by atoms with Crippen molar-refractivity contribution >= 4 is 12.8 Å². The second-order valence-electron chi connectivity index (χ2n) is 4.15. The number of hydrogen-bond donors (Lipinski definition) is 1. The van der Waals surface area contributed by atoms with Crippen LogP contribution < -0.4 is 4.74 Å². The van der Waals surface area contributed by atoms with Gasteiger partial charge in [-0.2, -0.15) is 13.2 Å². The Morgan fingerprint density at radius 2 is 1.94 bits per heavy atom. The number of hydrogen-bond acceptors (Lipinski definition) is 4. The summed E-state index contributed by atoms with van der Waals surface area (Å²) < 4.78 is 44.4. The zero-order valence-electron chi connectivity index (χ0n) is 9.52. The predicted molar refractivity (Wildman–Crippen MR) is 63.4 cm³/mol. The zero-order chi connectivity index (χ0) is 13.2. The van der Waals surface area contributed by atoms with Gasteiger partial charge in [-0.1, -0.05) is 12.8 Å². The van der Waals surface area contributed by atoms with Gasteiger partial charge in [-0.3, -0.25) is 4.31 Å². The highest BCUT2D eigenvalue weighted by molar-refractivity contribution is 7.77. The minimum absolute atomic E-state index is 0.00219. The smallest absolute Gasteiger partial charge is 0.417 e. The van der Waals surface area contributed by atoms with Crippen molar-refractivity contribution in [2.45, 2.75) is 25.1 Å². The van der Waals surface area contributed by atoms with E-state index in [1.54, 1.807) is 0 Å². The number of aromatic nitrogens is 1. The van der Waals surface area contributed by atoms with Crippen LogP contribution in [-0.4, -0.2) is 28.5 Å². The van der Waals surface area contributed by atoms with E-state index in [9.17, 15) is 13.2 Å². The molecule has 1 aliphatic heterocycles. The highest BCUT2D eigenvalue weighted by Gasteiger charge is 2.30. The molecule has 1 aromatic heterocycles. The molecule has 2 heterocycles. The standard InChI is InChI=1S/C11H13F3N2OS/c12-11(13,14)8-1-2-10(15-7-8)17-9-3-5-16(18)6-4-9/h1-2,7,9,18H,3-6H2. The topological polar surface area (TPSA) is 25.4 Å². The van der Waals surface area contributed by atoms with Crippen LogP contribution in [-0.2, 0) is 6.18 Å². The summed E-state index contributed by atoms with van der Waals surface area (Å²) in [4.78, 5) is 3.68. The number of ether oxygens (including phenoxy) is 1. The first kappa shape index (κ1) is 13.5. The first-order valence-electron chi connectivity index (χ1n) is 5.59. The molecule has 0 radical (unpaired) electrons. The Morgan fingerprint density at radius 1 is 1.28 bits per heavy atom. The molecule has 3 nitrogen and oxygen atoms in total. The van der Waals surface area contributed by atoms with Crippen LogP contribution in [0.1, 0.15) is 18.4 Å². The van der Waals surface area contributed by atoms with Gasteiger partial charge in [0.2, 0.25) is 5.88 Å². The van der Waals surface area contributed by atoms with Crippen molar-refractivity contribution < 1.29 is 17.9 Å². The van der Waals surface area contributed by atoms with Gasteiger partial charge in [0, 0.05) is 25.4 Å². The maximum absolute atomic E-state index is 12.3. The first-order chi connectivity index (χ1) is 8.45. The molecule has 0 N–H and O–H groups in total. The molecular formula is C11H13F3N2OS. The Balaban J connectivity index is 1.94. The van der Waals surface area contributed by atoms with Crippen molar-refractivity contribution in [3.63, 3.8) is 0 Å². The molecule has 0 aromatic carbocycles. The quantitative estimate of drug-likeness (QED) is 0.842. The third-order valence-corrected chi connectivity index (χ3v) is 3.17. The van der Waals surface area contributed by atoms with Gasteiger partial charge in [-0.05, 0) is 18.9 Å². The van der Waals surface area contributed by atoms with Crippen LogP contribution in [0.3, 0.4) is 0 Å². The molecule has 0 aliphatic carbocycles. The fourth-order valence-corrected chi connectivity index (χ4v) is 1.98. The van der Waals surface area contributed by atoms with Gasteiger partial charge in [0.05, 0.1) is 5.56 Å². The molecule has 1 saturated heterocycles. The van der Waals surface area contributed by atoms with Gasteiger partial charge in [-0.25, -0.2) is 4.98 Å². The minimum Gasteiger partial charge on any atom is -0.474 e. The normalized spacial score (nSPS) is 18.9. The summed E-state index contributed by atoms with van der Waals surface area (Å²) in [5, 5.41) is 0. The molecule has 7 heteroatoms. The lowest BCUT2D eigenvalue weighted by Crippen LogP contribution is -2.33. The fourth-order valence-electron chi connectivity index (χ4n) is 1.75. The molecule has 0 spiro atoms. The molecule has 0 atom stereocenters. The molecule has 100 valence electrons. The van der Waals surface area contributed by atoms with Crippen LogP contribution in [0.15, 0.2) is 18.3 Å². The summed E-state index contributed by atoms with van der Waals surface area (Å²) in [6.45, 7) is 1.60. The molecular weight excluding hydrogens is 265 g/mol. The molecule has 0 saturated carbocycles. The molecule has 18 heavy (non-hydrogen) atoms. The van der Waals surface area contributed by atoms with E-state index in [1.165, 1.54) is 6.07 Å². The second kappa shape index (κ2) is 5.36. The van der Waals surface area contributed by atoms with E-state index < -0.39 is 11.7 Å². The molecule has 2 rings (SSSR count). The van der Waals surface area contributed by atoms with Crippen molar-refractivity contribution in [2.24, 2.45) is 0 Å². The third kappa shape index (κ3) is 3.52. The van der Waals surface area contributed by atoms with E-state index in [1.807, 2.05) is 4.31 Å². The van der Waals surface area contributed by atoms with Crippen LogP contribution in [0, 0.1) is 0 Å².